The van der Waals surface area contributed by atoms with Crippen LogP contribution in [-0.2, 0) is 0 Å². The lowest BCUT2D eigenvalue weighted by Gasteiger charge is -2.00. The van der Waals surface area contributed by atoms with Crippen LogP contribution in [0.25, 0.3) is 10.2 Å². The van der Waals surface area contributed by atoms with E-state index in [1.54, 1.807) is 7.05 Å². The molecule has 1 aromatic carbocycles. The van der Waals surface area contributed by atoms with E-state index >= 15 is 0 Å². The lowest BCUT2D eigenvalue weighted by atomic mass is 10.2. The maximum atomic E-state index is 8.71. The second-order valence-electron chi connectivity index (χ2n) is 3.13. The average molecular weight is 203 g/mol. The van der Waals surface area contributed by atoms with Crippen molar-refractivity contribution in [3.05, 3.63) is 23.8 Å². The van der Waals surface area contributed by atoms with Gasteiger partial charge in [-0.2, -0.15) is 5.26 Å². The minimum atomic E-state index is 0.744. The molecule has 2 aromatic rings. The third-order valence-electron chi connectivity index (χ3n) is 1.97. The minimum Gasteiger partial charge on any atom is -0.258 e. The Hall–Kier alpha value is -1.60. The summed E-state index contributed by atoms with van der Waals surface area (Å²) in [5.74, 6) is 0. The summed E-state index contributed by atoms with van der Waals surface area (Å²) in [6.45, 7) is 2.05. The van der Waals surface area contributed by atoms with Crippen LogP contribution in [0.15, 0.2) is 18.2 Å². The molecule has 0 saturated heterocycles. The van der Waals surface area contributed by atoms with Crippen molar-refractivity contribution in [2.45, 2.75) is 6.92 Å². The zero-order chi connectivity index (χ0) is 10.1. The van der Waals surface area contributed by atoms with Crippen molar-refractivity contribution < 1.29 is 0 Å². The van der Waals surface area contributed by atoms with Crippen LogP contribution in [0, 0.1) is 18.4 Å². The third kappa shape index (κ3) is 1.42. The molecular weight excluding hydrogens is 194 g/mol. The van der Waals surface area contributed by atoms with Crippen molar-refractivity contribution in [1.82, 2.24) is 4.98 Å². The molecule has 0 amide bonds. The van der Waals surface area contributed by atoms with Crippen molar-refractivity contribution in [3.8, 4) is 6.19 Å². The van der Waals surface area contributed by atoms with Crippen LogP contribution in [0.3, 0.4) is 0 Å². The third-order valence-corrected chi connectivity index (χ3v) is 3.06. The number of hydrogen-bond donors (Lipinski definition) is 0. The Morgan fingerprint density at radius 3 is 3.00 bits per heavy atom. The monoisotopic (exact) mass is 203 g/mol. The molecular formula is C10H9N3S. The fourth-order valence-electron chi connectivity index (χ4n) is 1.21. The van der Waals surface area contributed by atoms with Crippen LogP contribution in [0.5, 0.6) is 0 Å². The van der Waals surface area contributed by atoms with Gasteiger partial charge in [-0.1, -0.05) is 17.4 Å². The van der Waals surface area contributed by atoms with Crippen molar-refractivity contribution in [2.75, 3.05) is 11.9 Å². The second kappa shape index (κ2) is 3.28. The largest absolute Gasteiger partial charge is 0.258 e. The molecule has 0 saturated carbocycles. The zero-order valence-electron chi connectivity index (χ0n) is 7.98. The maximum Gasteiger partial charge on any atom is 0.199 e. The molecule has 70 valence electrons. The van der Waals surface area contributed by atoms with Crippen LogP contribution in [0.2, 0.25) is 0 Å². The van der Waals surface area contributed by atoms with Crippen LogP contribution < -0.4 is 4.90 Å². The van der Waals surface area contributed by atoms with Crippen LogP contribution in [0.4, 0.5) is 5.13 Å². The van der Waals surface area contributed by atoms with Gasteiger partial charge in [0.15, 0.2) is 11.3 Å². The van der Waals surface area contributed by atoms with E-state index in [0.29, 0.717) is 0 Å². The first-order chi connectivity index (χ1) is 6.70. The smallest absolute Gasteiger partial charge is 0.199 e. The summed E-state index contributed by atoms with van der Waals surface area (Å²) in [6.07, 6.45) is 2.04. The summed E-state index contributed by atoms with van der Waals surface area (Å²) in [4.78, 5) is 5.82. The van der Waals surface area contributed by atoms with Gasteiger partial charge < -0.3 is 0 Å². The molecule has 14 heavy (non-hydrogen) atoms. The van der Waals surface area contributed by atoms with Gasteiger partial charge in [0.1, 0.15) is 0 Å². The number of fused-ring (bicyclic) bond motifs is 1. The first-order valence-corrected chi connectivity index (χ1v) is 5.03. The Labute approximate surface area is 86.2 Å². The summed E-state index contributed by atoms with van der Waals surface area (Å²) < 4.78 is 1.13. The molecule has 0 aliphatic carbocycles. The Morgan fingerprint density at radius 2 is 2.29 bits per heavy atom. The molecule has 0 atom stereocenters. The number of aryl methyl sites for hydroxylation is 1. The highest BCUT2D eigenvalue weighted by molar-refractivity contribution is 7.22. The van der Waals surface area contributed by atoms with Gasteiger partial charge in [0.25, 0.3) is 0 Å². The van der Waals surface area contributed by atoms with Crippen LogP contribution in [0.1, 0.15) is 5.56 Å². The van der Waals surface area contributed by atoms with Gasteiger partial charge in [-0.25, -0.2) is 4.98 Å². The Bertz CT molecular complexity index is 510. The normalized spacial score (nSPS) is 10.1. The van der Waals surface area contributed by atoms with Gasteiger partial charge in [0, 0.05) is 7.05 Å². The van der Waals surface area contributed by atoms with E-state index in [4.69, 9.17) is 5.26 Å². The van der Waals surface area contributed by atoms with E-state index in [1.807, 2.05) is 25.2 Å². The van der Waals surface area contributed by atoms with Gasteiger partial charge in [-0.3, -0.25) is 4.90 Å². The molecule has 0 N–H and O–H groups in total. The highest BCUT2D eigenvalue weighted by Crippen LogP contribution is 2.28. The van der Waals surface area contributed by atoms with Gasteiger partial charge in [0.2, 0.25) is 0 Å². The molecule has 0 spiro atoms. The van der Waals surface area contributed by atoms with Crippen molar-refractivity contribution in [2.24, 2.45) is 0 Å². The predicted molar refractivity (Wildman–Crippen MR) is 58.4 cm³/mol. The molecule has 0 unspecified atom stereocenters. The summed E-state index contributed by atoms with van der Waals surface area (Å²) >= 11 is 1.54. The zero-order valence-corrected chi connectivity index (χ0v) is 8.80. The Morgan fingerprint density at radius 1 is 1.50 bits per heavy atom. The molecule has 1 aromatic heterocycles. The fourth-order valence-corrected chi connectivity index (χ4v) is 2.19. The van der Waals surface area contributed by atoms with Crippen LogP contribution in [-0.4, -0.2) is 12.0 Å². The number of thiazole rings is 1. The second-order valence-corrected chi connectivity index (χ2v) is 4.14. The van der Waals surface area contributed by atoms with E-state index in [2.05, 4.69) is 11.1 Å². The number of nitriles is 1. The maximum absolute atomic E-state index is 8.71. The van der Waals surface area contributed by atoms with Crippen molar-refractivity contribution in [1.29, 1.82) is 5.26 Å². The van der Waals surface area contributed by atoms with Gasteiger partial charge >= 0.3 is 0 Å². The predicted octanol–water partition coefficient (Wildman–Crippen LogP) is 2.52. The van der Waals surface area contributed by atoms with Gasteiger partial charge in [-0.05, 0) is 24.6 Å². The summed E-state index contributed by atoms with van der Waals surface area (Å²) in [7, 11) is 1.71. The van der Waals surface area contributed by atoms with E-state index in [0.717, 1.165) is 15.3 Å². The first-order valence-electron chi connectivity index (χ1n) is 4.21. The number of nitrogens with zero attached hydrogens (tertiary/aromatic N) is 3. The summed E-state index contributed by atoms with van der Waals surface area (Å²) in [6, 6.07) is 6.09. The SMILES string of the molecule is Cc1ccc2nc(N(C)C#N)sc2c1. The van der Waals surface area contributed by atoms with Crippen molar-refractivity contribution in [3.63, 3.8) is 0 Å². The quantitative estimate of drug-likeness (QED) is 0.528. The summed E-state index contributed by atoms with van der Waals surface area (Å²) in [5, 5.41) is 9.45. The highest BCUT2D eigenvalue weighted by Gasteiger charge is 2.06. The highest BCUT2D eigenvalue weighted by atomic mass is 32.1. The Balaban J connectivity index is 2.58. The molecule has 0 aliphatic heterocycles. The molecule has 0 radical (unpaired) electrons. The molecule has 0 aliphatic rings. The lowest BCUT2D eigenvalue weighted by Crippen LogP contribution is -2.06. The van der Waals surface area contributed by atoms with Gasteiger partial charge in [0.05, 0.1) is 10.2 Å². The molecule has 1 heterocycles. The number of rotatable bonds is 1. The van der Waals surface area contributed by atoms with E-state index in [-0.39, 0.29) is 0 Å². The van der Waals surface area contributed by atoms with Crippen molar-refractivity contribution >= 4 is 26.7 Å². The molecule has 4 heteroatoms. The van der Waals surface area contributed by atoms with E-state index in [1.165, 1.54) is 21.8 Å². The fraction of sp³-hybridized carbons (Fsp3) is 0.200. The van der Waals surface area contributed by atoms with E-state index < -0.39 is 0 Å². The van der Waals surface area contributed by atoms with E-state index in [9.17, 15) is 0 Å². The summed E-state index contributed by atoms with van der Waals surface area (Å²) in [5.41, 5.74) is 2.17. The lowest BCUT2D eigenvalue weighted by molar-refractivity contribution is 1.18. The number of aromatic nitrogens is 1. The molecule has 0 fully saturated rings. The number of anilines is 1. The number of benzene rings is 1. The van der Waals surface area contributed by atoms with Gasteiger partial charge in [-0.15, -0.1) is 0 Å². The molecule has 0 bridgehead atoms. The minimum absolute atomic E-state index is 0.744. The standard InChI is InChI=1S/C10H9N3S/c1-7-3-4-8-9(5-7)14-10(12-8)13(2)6-11/h3-5H,1-2H3. The molecule has 3 nitrogen and oxygen atoms in total. The first kappa shape index (κ1) is 8.97. The Kier molecular flexibility index (Phi) is 2.10. The topological polar surface area (TPSA) is 39.9 Å². The van der Waals surface area contributed by atoms with Crippen LogP contribution >= 0.6 is 11.3 Å². The molecule has 2 rings (SSSR count). The average Bonchev–Trinajstić information content (AvgIpc) is 2.59. The number of hydrogen-bond acceptors (Lipinski definition) is 4.